The van der Waals surface area contributed by atoms with E-state index in [1.807, 2.05) is 30.3 Å². The molecule has 0 unspecified atom stereocenters. The van der Waals surface area contributed by atoms with Gasteiger partial charge in [-0.3, -0.25) is 9.48 Å². The lowest BCUT2D eigenvalue weighted by atomic mass is 10.1. The summed E-state index contributed by atoms with van der Waals surface area (Å²) in [5.41, 5.74) is 2.13. The van der Waals surface area contributed by atoms with E-state index in [1.54, 1.807) is 24.9 Å². The number of hydrogen-bond donors (Lipinski definition) is 1. The van der Waals surface area contributed by atoms with Crippen molar-refractivity contribution in [2.45, 2.75) is 0 Å². The van der Waals surface area contributed by atoms with Crippen molar-refractivity contribution >= 4 is 11.7 Å². The Morgan fingerprint density at radius 3 is 2.91 bits per heavy atom. The maximum atomic E-state index is 12.0. The van der Waals surface area contributed by atoms with Crippen LogP contribution < -0.4 is 10.1 Å². The van der Waals surface area contributed by atoms with Gasteiger partial charge in [0.2, 0.25) is 0 Å². The van der Waals surface area contributed by atoms with Crippen LogP contribution in [0.1, 0.15) is 10.4 Å². The second kappa shape index (κ2) is 5.77. The minimum absolute atomic E-state index is 0.242. The lowest BCUT2D eigenvalue weighted by molar-refractivity contribution is 0.102. The number of amides is 1. The molecule has 0 spiro atoms. The molecule has 0 aliphatic heterocycles. The van der Waals surface area contributed by atoms with E-state index in [9.17, 15) is 4.79 Å². The van der Waals surface area contributed by atoms with Crippen LogP contribution in [0.5, 0.6) is 5.75 Å². The highest BCUT2D eigenvalue weighted by atomic mass is 16.5. The molecule has 3 aromatic rings. The average molecular weight is 297 g/mol. The Hall–Kier alpha value is -3.02. The van der Waals surface area contributed by atoms with Gasteiger partial charge in [0.15, 0.2) is 0 Å². The van der Waals surface area contributed by atoms with E-state index in [0.717, 1.165) is 17.0 Å². The van der Waals surface area contributed by atoms with Gasteiger partial charge in [-0.25, -0.2) is 0 Å². The third-order valence-electron chi connectivity index (χ3n) is 3.27. The van der Waals surface area contributed by atoms with Gasteiger partial charge < -0.3 is 14.5 Å². The van der Waals surface area contributed by atoms with Crippen molar-refractivity contribution in [3.05, 3.63) is 54.5 Å². The van der Waals surface area contributed by atoms with Crippen LogP contribution in [0.15, 0.2) is 53.3 Å². The molecule has 0 fully saturated rings. The number of carbonyl (C=O) groups is 1. The fourth-order valence-corrected chi connectivity index (χ4v) is 2.09. The Morgan fingerprint density at radius 1 is 1.32 bits per heavy atom. The molecule has 1 aromatic carbocycles. The van der Waals surface area contributed by atoms with Crippen molar-refractivity contribution < 1.29 is 13.9 Å². The lowest BCUT2D eigenvalue weighted by Gasteiger charge is -2.02. The molecule has 2 aromatic heterocycles. The Bertz CT molecular complexity index is 791. The van der Waals surface area contributed by atoms with E-state index >= 15 is 0 Å². The first-order valence-corrected chi connectivity index (χ1v) is 6.69. The smallest absolute Gasteiger partial charge is 0.260 e. The molecule has 2 heterocycles. The Labute approximate surface area is 127 Å². The van der Waals surface area contributed by atoms with E-state index in [4.69, 9.17) is 9.15 Å². The molecule has 0 aliphatic rings. The van der Waals surface area contributed by atoms with Crippen LogP contribution in [0, 0.1) is 0 Å². The Morgan fingerprint density at radius 2 is 2.18 bits per heavy atom. The zero-order valence-electron chi connectivity index (χ0n) is 12.2. The number of anilines is 1. The standard InChI is InChI=1S/C16H15N3O3/c1-19-15(17-16(20)12-6-7-22-10-12)9-14(18-19)11-4-3-5-13(8-11)21-2/h3-10H,1-2H3,(H,17,20). The number of hydrogen-bond acceptors (Lipinski definition) is 4. The topological polar surface area (TPSA) is 69.3 Å². The van der Waals surface area contributed by atoms with Crippen molar-refractivity contribution in [1.29, 1.82) is 0 Å². The molecule has 6 heteroatoms. The van der Waals surface area contributed by atoms with E-state index in [0.29, 0.717) is 11.4 Å². The molecular weight excluding hydrogens is 282 g/mol. The van der Waals surface area contributed by atoms with Gasteiger partial charge in [0.1, 0.15) is 17.8 Å². The highest BCUT2D eigenvalue weighted by molar-refractivity contribution is 6.03. The molecule has 6 nitrogen and oxygen atoms in total. The van der Waals surface area contributed by atoms with Gasteiger partial charge in [-0.1, -0.05) is 12.1 Å². The number of aryl methyl sites for hydroxylation is 1. The summed E-state index contributed by atoms with van der Waals surface area (Å²) >= 11 is 0. The van der Waals surface area contributed by atoms with Gasteiger partial charge in [0.05, 0.1) is 24.6 Å². The average Bonchev–Trinajstić information content (AvgIpc) is 3.18. The number of rotatable bonds is 4. The van der Waals surface area contributed by atoms with Gasteiger partial charge in [-0.05, 0) is 18.2 Å². The van der Waals surface area contributed by atoms with Crippen molar-refractivity contribution in [2.75, 3.05) is 12.4 Å². The molecule has 0 saturated heterocycles. The van der Waals surface area contributed by atoms with Crippen LogP contribution in [0.25, 0.3) is 11.3 Å². The largest absolute Gasteiger partial charge is 0.497 e. The number of aromatic nitrogens is 2. The van der Waals surface area contributed by atoms with Gasteiger partial charge in [0.25, 0.3) is 5.91 Å². The van der Waals surface area contributed by atoms with E-state index in [1.165, 1.54) is 12.5 Å². The van der Waals surface area contributed by atoms with Gasteiger partial charge in [-0.2, -0.15) is 5.10 Å². The van der Waals surface area contributed by atoms with Crippen molar-refractivity contribution in [3.63, 3.8) is 0 Å². The molecule has 1 amide bonds. The highest BCUT2D eigenvalue weighted by Crippen LogP contribution is 2.25. The van der Waals surface area contributed by atoms with Gasteiger partial charge in [0, 0.05) is 18.7 Å². The summed E-state index contributed by atoms with van der Waals surface area (Å²) in [5, 5.41) is 7.22. The Balaban J connectivity index is 1.86. The first kappa shape index (κ1) is 13.9. The monoisotopic (exact) mass is 297 g/mol. The molecular formula is C16H15N3O3. The minimum atomic E-state index is -0.242. The number of nitrogens with zero attached hydrogens (tertiary/aromatic N) is 2. The second-order valence-corrected chi connectivity index (χ2v) is 4.74. The lowest BCUT2D eigenvalue weighted by Crippen LogP contribution is -2.13. The fraction of sp³-hybridized carbons (Fsp3) is 0.125. The molecule has 0 radical (unpaired) electrons. The number of furan rings is 1. The fourth-order valence-electron chi connectivity index (χ4n) is 2.09. The first-order valence-electron chi connectivity index (χ1n) is 6.69. The Kier molecular flexibility index (Phi) is 3.65. The number of benzene rings is 1. The van der Waals surface area contributed by atoms with Crippen LogP contribution in [-0.2, 0) is 7.05 Å². The molecule has 3 rings (SSSR count). The summed E-state index contributed by atoms with van der Waals surface area (Å²) in [4.78, 5) is 12.0. The third-order valence-corrected chi connectivity index (χ3v) is 3.27. The van der Waals surface area contributed by atoms with E-state index in [2.05, 4.69) is 10.4 Å². The summed E-state index contributed by atoms with van der Waals surface area (Å²) in [5.74, 6) is 1.12. The third kappa shape index (κ3) is 2.71. The van der Waals surface area contributed by atoms with Crippen LogP contribution in [0.4, 0.5) is 5.82 Å². The predicted molar refractivity (Wildman–Crippen MR) is 81.9 cm³/mol. The molecule has 22 heavy (non-hydrogen) atoms. The van der Waals surface area contributed by atoms with Crippen LogP contribution in [-0.4, -0.2) is 22.8 Å². The number of methoxy groups -OCH3 is 1. The van der Waals surface area contributed by atoms with Crippen molar-refractivity contribution in [2.24, 2.45) is 7.05 Å². The SMILES string of the molecule is COc1cccc(-c2cc(NC(=O)c3ccoc3)n(C)n2)c1. The van der Waals surface area contributed by atoms with Gasteiger partial charge >= 0.3 is 0 Å². The summed E-state index contributed by atoms with van der Waals surface area (Å²) in [6.45, 7) is 0. The number of nitrogens with one attached hydrogen (secondary N) is 1. The first-order chi connectivity index (χ1) is 10.7. The normalized spacial score (nSPS) is 10.5. The van der Waals surface area contributed by atoms with E-state index in [-0.39, 0.29) is 5.91 Å². The number of carbonyl (C=O) groups excluding carboxylic acids is 1. The zero-order chi connectivity index (χ0) is 15.5. The summed E-state index contributed by atoms with van der Waals surface area (Å²) in [7, 11) is 3.39. The summed E-state index contributed by atoms with van der Waals surface area (Å²) < 4.78 is 11.7. The molecule has 0 atom stereocenters. The van der Waals surface area contributed by atoms with Crippen LogP contribution in [0.2, 0.25) is 0 Å². The molecule has 0 bridgehead atoms. The summed E-state index contributed by atoms with van der Waals surface area (Å²) in [6.07, 6.45) is 2.86. The van der Waals surface area contributed by atoms with Crippen LogP contribution >= 0.6 is 0 Å². The maximum Gasteiger partial charge on any atom is 0.260 e. The minimum Gasteiger partial charge on any atom is -0.497 e. The van der Waals surface area contributed by atoms with Crippen LogP contribution in [0.3, 0.4) is 0 Å². The summed E-state index contributed by atoms with van der Waals surface area (Å²) in [6, 6.07) is 11.0. The molecule has 0 saturated carbocycles. The predicted octanol–water partition coefficient (Wildman–Crippen LogP) is 2.94. The van der Waals surface area contributed by atoms with Crippen molar-refractivity contribution in [3.8, 4) is 17.0 Å². The van der Waals surface area contributed by atoms with Gasteiger partial charge in [-0.15, -0.1) is 0 Å². The highest BCUT2D eigenvalue weighted by Gasteiger charge is 2.12. The maximum absolute atomic E-state index is 12.0. The second-order valence-electron chi connectivity index (χ2n) is 4.74. The van der Waals surface area contributed by atoms with Crippen molar-refractivity contribution in [1.82, 2.24) is 9.78 Å². The van der Waals surface area contributed by atoms with E-state index < -0.39 is 0 Å². The quantitative estimate of drug-likeness (QED) is 0.804. The zero-order valence-corrected chi connectivity index (χ0v) is 12.2. The molecule has 1 N–H and O–H groups in total. The molecule has 112 valence electrons. The molecule has 0 aliphatic carbocycles. The number of ether oxygens (including phenoxy) is 1.